The Morgan fingerprint density at radius 3 is 1.22 bits per heavy atom. The summed E-state index contributed by atoms with van der Waals surface area (Å²) in [5, 5.41) is 0. The van der Waals surface area contributed by atoms with Gasteiger partial charge in [0, 0.05) is 0 Å². The van der Waals surface area contributed by atoms with E-state index in [1.165, 1.54) is 0 Å². The number of hydrogen-bond acceptors (Lipinski definition) is 0. The minimum atomic E-state index is -3.56. The van der Waals surface area contributed by atoms with E-state index in [0.717, 1.165) is 0 Å². The number of alkyl halides is 7. The molecule has 0 saturated heterocycles. The predicted molar refractivity (Wildman–Crippen MR) is 44.1 cm³/mol. The minimum Gasteiger partial charge on any atom is -0.172 e. The second-order valence-electron chi connectivity index (χ2n) is 0.676. The lowest BCUT2D eigenvalue weighted by atomic mass is 11.7. The fraction of sp³-hybridized carbons (Fsp3) is 1.00. The summed E-state index contributed by atoms with van der Waals surface area (Å²) in [4.78, 5) is -3.56. The van der Waals surface area contributed by atoms with Crippen molar-refractivity contribution in [2.24, 2.45) is 0 Å². The molecule has 0 aliphatic carbocycles. The van der Waals surface area contributed by atoms with E-state index in [4.69, 9.17) is 11.6 Å². The zero-order chi connectivity index (χ0) is 8.08. The molecule has 0 unspecified atom stereocenters. The van der Waals surface area contributed by atoms with Crippen molar-refractivity contribution in [3.8, 4) is 0 Å². The van der Waals surface area contributed by atoms with Crippen LogP contribution in [0.25, 0.3) is 0 Å². The summed E-state index contributed by atoms with van der Waals surface area (Å²) < 4.78 is 21.0. The Morgan fingerprint density at radius 1 is 1.22 bits per heavy atom. The van der Waals surface area contributed by atoms with Crippen LogP contribution >= 0.6 is 66.7 Å². The van der Waals surface area contributed by atoms with E-state index < -0.39 is 4.84 Å². The first-order valence-electron chi connectivity index (χ1n) is 1.41. The Hall–Kier alpha value is 1.69. The first kappa shape index (κ1) is 13.3. The third kappa shape index (κ3) is 201. The maximum atomic E-state index is 10.6. The van der Waals surface area contributed by atoms with Crippen LogP contribution in [0.5, 0.6) is 0 Å². The van der Waals surface area contributed by atoms with E-state index in [1.807, 2.05) is 0 Å². The van der Waals surface area contributed by atoms with Gasteiger partial charge in [-0.15, -0.1) is 0 Å². The van der Waals surface area contributed by atoms with Gasteiger partial charge in [0.1, 0.15) is 3.20 Å². The highest BCUT2D eigenvalue weighted by Gasteiger charge is 2.17. The quantitative estimate of drug-likeness (QED) is 0.581. The van der Waals surface area contributed by atoms with Crippen LogP contribution in [0.2, 0.25) is 0 Å². The summed E-state index contributed by atoms with van der Waals surface area (Å²) in [5.74, 6) is 0. The second-order valence-corrected chi connectivity index (χ2v) is 6.37. The Balaban J connectivity index is 0. The van der Waals surface area contributed by atoms with E-state index >= 15 is 0 Å². The van der Waals surface area contributed by atoms with Crippen LogP contribution in [0.15, 0.2) is 0 Å². The molecule has 0 bridgehead atoms. The van der Waals surface area contributed by atoms with Gasteiger partial charge in [0.15, 0.2) is 0 Å². The van der Waals surface area contributed by atoms with Gasteiger partial charge in [0.25, 0.3) is 0 Å². The molecule has 0 aliphatic rings. The van der Waals surface area contributed by atoms with Crippen molar-refractivity contribution in [3.05, 3.63) is 0 Å². The third-order valence-electron chi connectivity index (χ3n) is 0. The normalized spacial score (nSPS) is 10.7. The molecule has 0 atom stereocenters. The molecule has 0 amide bonds. The lowest BCUT2D eigenvalue weighted by molar-refractivity contribution is 0.194. The van der Waals surface area contributed by atoms with Crippen molar-refractivity contribution in [1.29, 1.82) is 0 Å². The molecule has 0 aromatic rings. The average Bonchev–Trinajstić information content (AvgIpc) is 1.19. The van der Waals surface area contributed by atoms with Crippen LogP contribution in [0, 0.1) is 0 Å². The summed E-state index contributed by atoms with van der Waals surface area (Å²) in [7, 11) is 0. The summed E-state index contributed by atoms with van der Waals surface area (Å²) >= 11 is 18.9. The monoisotopic (exact) mass is 326 g/mol. The average molecular weight is 329 g/mol. The largest absolute Gasteiger partial charge is 0.401 e. The lowest BCUT2D eigenvalue weighted by Crippen LogP contribution is -1.86. The van der Waals surface area contributed by atoms with Gasteiger partial charge in [0.2, 0.25) is 0 Å². The van der Waals surface area contributed by atoms with Crippen LogP contribution in [-0.2, 0) is 0 Å². The topological polar surface area (TPSA) is 0 Å². The zero-order valence-electron chi connectivity index (χ0n) is 3.72. The van der Waals surface area contributed by atoms with E-state index in [1.54, 1.807) is 0 Å². The van der Waals surface area contributed by atoms with E-state index in [0.29, 0.717) is 0 Å². The second kappa shape index (κ2) is 6.40. The molecule has 0 aliphatic heterocycles. The van der Waals surface area contributed by atoms with Crippen LogP contribution in [0.4, 0.5) is 8.78 Å². The van der Waals surface area contributed by atoms with E-state index in [9.17, 15) is 8.78 Å². The Labute approximate surface area is 83.1 Å². The maximum Gasteiger partial charge on any atom is 0.401 e. The highest BCUT2D eigenvalue weighted by molar-refractivity contribution is 9.25. The molecule has 58 valence electrons. The van der Waals surface area contributed by atoms with Gasteiger partial charge in [-0.1, -0.05) is 43.5 Å². The van der Waals surface area contributed by atoms with Crippen molar-refractivity contribution >= 4 is 66.7 Å². The summed E-state index contributed by atoms with van der Waals surface area (Å²) in [6.45, 7) is 0. The van der Waals surface area contributed by atoms with E-state index in [-0.39, 0.29) is 3.20 Å². The molecule has 0 fully saturated rings. The molecular formula is C2HBr2Cl3F2. The SMILES string of the molecule is ClC(Br)Br.FC(F)(Cl)Cl. The molecule has 0 aromatic carbocycles. The fourth-order valence-electron chi connectivity index (χ4n) is 0. The highest BCUT2D eigenvalue weighted by Crippen LogP contribution is 2.22. The molecule has 0 rings (SSSR count). The molecule has 9 heavy (non-hydrogen) atoms. The summed E-state index contributed by atoms with van der Waals surface area (Å²) in [6, 6.07) is 0. The first-order valence-corrected chi connectivity index (χ1v) is 4.43. The van der Waals surface area contributed by atoms with Crippen molar-refractivity contribution in [2.75, 3.05) is 0 Å². The molecule has 0 N–H and O–H groups in total. The van der Waals surface area contributed by atoms with Crippen LogP contribution in [0.3, 0.4) is 0 Å². The van der Waals surface area contributed by atoms with Gasteiger partial charge in [-0.05, 0) is 23.2 Å². The molecule has 0 spiro atoms. The van der Waals surface area contributed by atoms with Gasteiger partial charge in [-0.25, -0.2) is 0 Å². The van der Waals surface area contributed by atoms with Crippen molar-refractivity contribution in [1.82, 2.24) is 0 Å². The highest BCUT2D eigenvalue weighted by atomic mass is 79.9. The minimum absolute atomic E-state index is 0.0694. The molecule has 0 aromatic heterocycles. The molecule has 0 nitrogen and oxygen atoms in total. The van der Waals surface area contributed by atoms with Gasteiger partial charge in [-0.3, -0.25) is 0 Å². The van der Waals surface area contributed by atoms with E-state index in [2.05, 4.69) is 55.1 Å². The predicted octanol–water partition coefficient (Wildman–Crippen LogP) is 4.31. The molecular weight excluding hydrogens is 328 g/mol. The van der Waals surface area contributed by atoms with Crippen molar-refractivity contribution < 1.29 is 8.78 Å². The molecule has 7 heteroatoms. The van der Waals surface area contributed by atoms with Crippen LogP contribution in [0.1, 0.15) is 0 Å². The molecule has 0 heterocycles. The Bertz CT molecular complexity index is 54.6. The Morgan fingerprint density at radius 2 is 1.22 bits per heavy atom. The molecule has 0 radical (unpaired) electrons. The smallest absolute Gasteiger partial charge is 0.172 e. The standard InChI is InChI=1S/CHBr2Cl.CCl2F2/c2-1(3)4;2-1(3,4)5/h1H;. The molecule has 0 saturated carbocycles. The van der Waals surface area contributed by atoms with Gasteiger partial charge < -0.3 is 0 Å². The maximum absolute atomic E-state index is 10.6. The van der Waals surface area contributed by atoms with Crippen LogP contribution < -0.4 is 0 Å². The van der Waals surface area contributed by atoms with Gasteiger partial charge in [0.05, 0.1) is 0 Å². The fourth-order valence-corrected chi connectivity index (χ4v) is 0. The first-order chi connectivity index (χ1) is 3.73. The van der Waals surface area contributed by atoms with Gasteiger partial charge >= 0.3 is 4.84 Å². The zero-order valence-corrected chi connectivity index (χ0v) is 9.16. The number of hydrogen-bond donors (Lipinski definition) is 0. The van der Waals surface area contributed by atoms with Crippen LogP contribution in [-0.4, -0.2) is 8.04 Å². The lowest BCUT2D eigenvalue weighted by Gasteiger charge is -1.87. The van der Waals surface area contributed by atoms with Crippen molar-refractivity contribution in [2.45, 2.75) is 8.04 Å². The number of rotatable bonds is 0. The summed E-state index contributed by atoms with van der Waals surface area (Å²) in [5.41, 5.74) is 0. The number of halogens is 7. The van der Waals surface area contributed by atoms with Gasteiger partial charge in [-0.2, -0.15) is 8.78 Å². The third-order valence-corrected chi connectivity index (χ3v) is 0. The van der Waals surface area contributed by atoms with Crippen molar-refractivity contribution in [3.63, 3.8) is 0 Å². The Kier molecular flexibility index (Phi) is 9.46. The summed E-state index contributed by atoms with van der Waals surface area (Å²) in [6.07, 6.45) is 0.